The number of methoxy groups -OCH3 is 1. The zero-order valence-corrected chi connectivity index (χ0v) is 5.20. The normalized spacial score (nSPS) is 13.1. The van der Waals surface area contributed by atoms with Gasteiger partial charge in [-0.25, -0.2) is 4.79 Å². The van der Waals surface area contributed by atoms with Crippen LogP contribution >= 0.6 is 0 Å². The molecule has 0 aliphatic rings. The highest BCUT2D eigenvalue weighted by Crippen LogP contribution is 1.90. The third-order valence-electron chi connectivity index (χ3n) is 0.880. The number of aliphatic carboxylic acids is 1. The van der Waals surface area contributed by atoms with Gasteiger partial charge in [-0.15, -0.1) is 0 Å². The first-order valence-corrected chi connectivity index (χ1v) is 2.58. The lowest BCUT2D eigenvalue weighted by Gasteiger charge is -2.01. The molecule has 9 heavy (non-hydrogen) atoms. The van der Waals surface area contributed by atoms with Crippen LogP contribution in [0.3, 0.4) is 0 Å². The van der Waals surface area contributed by atoms with Crippen molar-refractivity contribution in [2.45, 2.75) is 12.5 Å². The Labute approximate surface area is 53.1 Å². The van der Waals surface area contributed by atoms with E-state index < -0.39 is 12.1 Å². The topological polar surface area (TPSA) is 66.8 Å². The van der Waals surface area contributed by atoms with Gasteiger partial charge in [0, 0.05) is 20.1 Å². The fraction of sp³-hybridized carbons (Fsp3) is 0.800. The molecular weight excluding hydrogens is 124 g/mol. The van der Waals surface area contributed by atoms with Gasteiger partial charge in [-0.1, -0.05) is 0 Å². The molecule has 0 aromatic rings. The van der Waals surface area contributed by atoms with Crippen molar-refractivity contribution in [1.29, 1.82) is 0 Å². The van der Waals surface area contributed by atoms with Crippen molar-refractivity contribution in [1.82, 2.24) is 0 Å². The quantitative estimate of drug-likeness (QED) is 0.542. The van der Waals surface area contributed by atoms with E-state index in [1.807, 2.05) is 0 Å². The van der Waals surface area contributed by atoms with Crippen LogP contribution < -0.4 is 0 Å². The second-order valence-corrected chi connectivity index (χ2v) is 1.64. The van der Waals surface area contributed by atoms with Crippen LogP contribution in [0.1, 0.15) is 6.42 Å². The van der Waals surface area contributed by atoms with Crippen LogP contribution in [-0.2, 0) is 9.53 Å². The van der Waals surface area contributed by atoms with E-state index in [0.717, 1.165) is 0 Å². The van der Waals surface area contributed by atoms with E-state index in [9.17, 15) is 4.79 Å². The molecule has 0 amide bonds. The molecule has 0 unspecified atom stereocenters. The van der Waals surface area contributed by atoms with Crippen molar-refractivity contribution in [3.05, 3.63) is 0 Å². The predicted octanol–water partition coefficient (Wildman–Crippen LogP) is -0.532. The lowest BCUT2D eigenvalue weighted by Crippen LogP contribution is -2.20. The molecule has 0 aromatic heterocycles. The van der Waals surface area contributed by atoms with Crippen LogP contribution in [0.4, 0.5) is 0 Å². The number of hydrogen-bond acceptors (Lipinski definition) is 3. The summed E-state index contributed by atoms with van der Waals surface area (Å²) >= 11 is 0. The fourth-order valence-corrected chi connectivity index (χ4v) is 0.353. The van der Waals surface area contributed by atoms with E-state index in [0.29, 0.717) is 0 Å². The first-order valence-electron chi connectivity index (χ1n) is 2.58. The minimum Gasteiger partial charge on any atom is -0.479 e. The van der Waals surface area contributed by atoms with Gasteiger partial charge in [-0.05, 0) is 0 Å². The number of carbonyl (C=O) groups is 1. The minimum absolute atomic E-state index is 0.145. The average molecular weight is 134 g/mol. The summed E-state index contributed by atoms with van der Waals surface area (Å²) in [4.78, 5) is 9.90. The first kappa shape index (κ1) is 8.39. The molecule has 4 nitrogen and oxygen atoms in total. The largest absolute Gasteiger partial charge is 0.479 e. The lowest BCUT2D eigenvalue weighted by molar-refractivity contribution is -0.147. The van der Waals surface area contributed by atoms with Gasteiger partial charge in [0.2, 0.25) is 0 Å². The molecule has 0 heterocycles. The number of hydrogen-bond donors (Lipinski definition) is 2. The molecule has 0 aromatic carbocycles. The van der Waals surface area contributed by atoms with Gasteiger partial charge in [0.25, 0.3) is 0 Å². The molecule has 0 rings (SSSR count). The van der Waals surface area contributed by atoms with Gasteiger partial charge >= 0.3 is 5.97 Å². The van der Waals surface area contributed by atoms with Gasteiger partial charge in [-0.3, -0.25) is 0 Å². The maximum Gasteiger partial charge on any atom is 0.332 e. The molecule has 0 aliphatic heterocycles. The van der Waals surface area contributed by atoms with Crippen molar-refractivity contribution in [3.63, 3.8) is 0 Å². The summed E-state index contributed by atoms with van der Waals surface area (Å²) in [6, 6.07) is 0. The zero-order chi connectivity index (χ0) is 7.28. The minimum atomic E-state index is -1.29. The Balaban J connectivity index is 3.27. The molecule has 0 bridgehead atoms. The van der Waals surface area contributed by atoms with E-state index in [-0.39, 0.29) is 13.0 Å². The second kappa shape index (κ2) is 4.29. The van der Waals surface area contributed by atoms with Crippen molar-refractivity contribution in [3.8, 4) is 0 Å². The fourth-order valence-electron chi connectivity index (χ4n) is 0.353. The monoisotopic (exact) mass is 134 g/mol. The van der Waals surface area contributed by atoms with Gasteiger partial charge in [-0.2, -0.15) is 0 Å². The molecule has 0 aliphatic carbocycles. The smallest absolute Gasteiger partial charge is 0.332 e. The average Bonchev–Trinajstić information content (AvgIpc) is 1.82. The molecule has 0 radical (unpaired) electrons. The van der Waals surface area contributed by atoms with Crippen molar-refractivity contribution >= 4 is 5.97 Å². The van der Waals surface area contributed by atoms with Crippen LogP contribution in [0, 0.1) is 0 Å². The molecule has 0 fully saturated rings. The van der Waals surface area contributed by atoms with E-state index >= 15 is 0 Å². The maximum absolute atomic E-state index is 9.90. The van der Waals surface area contributed by atoms with E-state index in [2.05, 4.69) is 4.74 Å². The number of carboxylic acids is 1. The molecule has 1 atom stereocenters. The summed E-state index contributed by atoms with van der Waals surface area (Å²) in [7, 11) is 1.45. The molecule has 4 heteroatoms. The number of rotatable bonds is 4. The summed E-state index contributed by atoms with van der Waals surface area (Å²) in [6.07, 6.45) is -1.14. The maximum atomic E-state index is 9.90. The summed E-state index contributed by atoms with van der Waals surface area (Å²) in [5, 5.41) is 16.7. The molecule has 2 N–H and O–H groups in total. The Morgan fingerprint density at radius 3 is 2.67 bits per heavy atom. The van der Waals surface area contributed by atoms with Gasteiger partial charge in [0.1, 0.15) is 0 Å². The van der Waals surface area contributed by atoms with E-state index in [4.69, 9.17) is 10.2 Å². The Kier molecular flexibility index (Phi) is 4.00. The van der Waals surface area contributed by atoms with Crippen LogP contribution in [0.5, 0.6) is 0 Å². The highest BCUT2D eigenvalue weighted by molar-refractivity contribution is 5.71. The summed E-state index contributed by atoms with van der Waals surface area (Å²) < 4.78 is 4.54. The lowest BCUT2D eigenvalue weighted by atomic mass is 10.3. The van der Waals surface area contributed by atoms with Gasteiger partial charge in [0.05, 0.1) is 0 Å². The van der Waals surface area contributed by atoms with Crippen molar-refractivity contribution in [2.75, 3.05) is 13.7 Å². The highest BCUT2D eigenvalue weighted by atomic mass is 16.5. The summed E-state index contributed by atoms with van der Waals surface area (Å²) in [5.41, 5.74) is 0. The first-order chi connectivity index (χ1) is 4.18. The Hall–Kier alpha value is -0.610. The summed E-state index contributed by atoms with van der Waals surface area (Å²) in [6.45, 7) is 0.271. The van der Waals surface area contributed by atoms with E-state index in [1.54, 1.807) is 0 Å². The zero-order valence-electron chi connectivity index (χ0n) is 5.20. The van der Waals surface area contributed by atoms with Gasteiger partial charge in [0.15, 0.2) is 6.10 Å². The standard InChI is InChI=1S/C5H10O4/c1-9-3-2-4(6)5(7)8/h4,6H,2-3H2,1H3,(H,7,8)/t4-/m0/s1. The number of aliphatic hydroxyl groups excluding tert-OH is 1. The highest BCUT2D eigenvalue weighted by Gasteiger charge is 2.10. The molecule has 54 valence electrons. The Morgan fingerprint density at radius 2 is 2.33 bits per heavy atom. The van der Waals surface area contributed by atoms with Crippen LogP contribution in [0.2, 0.25) is 0 Å². The SMILES string of the molecule is COCC[C@H](O)C(=O)O. The van der Waals surface area contributed by atoms with Crippen LogP contribution in [0.25, 0.3) is 0 Å². The Morgan fingerprint density at radius 1 is 1.78 bits per heavy atom. The Bertz CT molecular complexity index is 91.0. The number of carboxylic acid groups (broad SMARTS) is 1. The number of aliphatic hydroxyl groups is 1. The van der Waals surface area contributed by atoms with Crippen molar-refractivity contribution < 1.29 is 19.7 Å². The summed E-state index contributed by atoms with van der Waals surface area (Å²) in [5.74, 6) is -1.20. The van der Waals surface area contributed by atoms with Crippen LogP contribution in [0.15, 0.2) is 0 Å². The third kappa shape index (κ3) is 3.93. The molecular formula is C5H10O4. The van der Waals surface area contributed by atoms with E-state index in [1.165, 1.54) is 7.11 Å². The molecule has 0 saturated carbocycles. The van der Waals surface area contributed by atoms with Crippen molar-refractivity contribution in [2.24, 2.45) is 0 Å². The second-order valence-electron chi connectivity index (χ2n) is 1.64. The number of ether oxygens (including phenoxy) is 1. The molecule has 0 saturated heterocycles. The van der Waals surface area contributed by atoms with Gasteiger partial charge < -0.3 is 14.9 Å². The third-order valence-corrected chi connectivity index (χ3v) is 0.880. The predicted molar refractivity (Wildman–Crippen MR) is 30.1 cm³/mol. The van der Waals surface area contributed by atoms with Crippen LogP contribution in [-0.4, -0.2) is 36.0 Å². The molecule has 0 spiro atoms.